The van der Waals surface area contributed by atoms with Gasteiger partial charge < -0.3 is 0 Å². The summed E-state index contributed by atoms with van der Waals surface area (Å²) >= 11 is 2.11. The third kappa shape index (κ3) is 1.91. The Morgan fingerprint density at radius 2 is 2.00 bits per heavy atom. The van der Waals surface area contributed by atoms with E-state index in [4.69, 9.17) is 0 Å². The van der Waals surface area contributed by atoms with Gasteiger partial charge in [-0.05, 0) is 19.3 Å². The normalized spacial score (nSPS) is 29.2. The van der Waals surface area contributed by atoms with E-state index in [-0.39, 0.29) is 0 Å². The minimum atomic E-state index is 0.417. The third-order valence-corrected chi connectivity index (χ3v) is 4.48. The Labute approximate surface area is 74.3 Å². The van der Waals surface area contributed by atoms with Crippen LogP contribution in [0.15, 0.2) is 0 Å². The Morgan fingerprint density at radius 3 is 2.27 bits per heavy atom. The van der Waals surface area contributed by atoms with Crippen molar-refractivity contribution in [2.45, 2.75) is 50.9 Å². The molecule has 0 amide bonds. The minimum Gasteiger partial charge on any atom is -0.299 e. The summed E-state index contributed by atoms with van der Waals surface area (Å²) < 4.78 is 0. The molecule has 1 atom stereocenters. The highest BCUT2D eigenvalue weighted by Gasteiger charge is 2.34. The van der Waals surface area contributed by atoms with Crippen molar-refractivity contribution in [1.29, 1.82) is 0 Å². The fraction of sp³-hybridized carbons (Fsp3) is 1.00. The smallest absolute Gasteiger partial charge is 0.0642 e. The van der Waals surface area contributed by atoms with Crippen LogP contribution < -0.4 is 5.32 Å². The molecule has 0 aromatic rings. The van der Waals surface area contributed by atoms with Gasteiger partial charge in [0.15, 0.2) is 0 Å². The molecule has 1 aliphatic rings. The second-order valence-corrected chi connectivity index (χ2v) is 4.67. The molecule has 1 aliphatic heterocycles. The molecule has 1 N–H and O–H groups in total. The number of hydrogen-bond acceptors (Lipinski definition) is 2. The molecule has 0 aliphatic carbocycles. The second kappa shape index (κ2) is 3.81. The van der Waals surface area contributed by atoms with E-state index in [9.17, 15) is 0 Å². The summed E-state index contributed by atoms with van der Waals surface area (Å²) in [5, 5.41) is 3.72. The molecule has 0 aromatic carbocycles. The molecule has 1 heterocycles. The average Bonchev–Trinajstić information content (AvgIpc) is 2.49. The third-order valence-electron chi connectivity index (χ3n) is 2.66. The highest BCUT2D eigenvalue weighted by Crippen LogP contribution is 2.36. The minimum absolute atomic E-state index is 0.417. The van der Waals surface area contributed by atoms with Gasteiger partial charge in [-0.1, -0.05) is 20.8 Å². The van der Waals surface area contributed by atoms with Crippen molar-refractivity contribution in [2.75, 3.05) is 5.75 Å². The monoisotopic (exact) mass is 173 g/mol. The molecule has 1 fully saturated rings. The van der Waals surface area contributed by atoms with E-state index in [1.54, 1.807) is 0 Å². The van der Waals surface area contributed by atoms with Crippen LogP contribution in [0, 0.1) is 0 Å². The van der Waals surface area contributed by atoms with E-state index in [0.29, 0.717) is 4.87 Å². The lowest BCUT2D eigenvalue weighted by atomic mass is 10.1. The van der Waals surface area contributed by atoms with E-state index >= 15 is 0 Å². The first-order valence-corrected chi connectivity index (χ1v) is 5.66. The largest absolute Gasteiger partial charge is 0.299 e. The van der Waals surface area contributed by atoms with Crippen LogP contribution in [0.1, 0.15) is 40.0 Å². The molecular formula is C9H19NS. The van der Waals surface area contributed by atoms with Gasteiger partial charge in [0.1, 0.15) is 0 Å². The zero-order chi connectivity index (χ0) is 8.32. The van der Waals surface area contributed by atoms with E-state index < -0.39 is 0 Å². The number of nitrogens with one attached hydrogen (secondary N) is 1. The lowest BCUT2D eigenvalue weighted by molar-refractivity contribution is 0.410. The van der Waals surface area contributed by atoms with E-state index in [1.165, 1.54) is 25.0 Å². The standard InChI is InChI=1S/C9H19NS/c1-4-8-7-11-9(5-2,6-3)10-8/h8,10H,4-7H2,1-3H3. The Kier molecular flexibility index (Phi) is 3.26. The van der Waals surface area contributed by atoms with Gasteiger partial charge in [-0.25, -0.2) is 0 Å². The van der Waals surface area contributed by atoms with Crippen molar-refractivity contribution in [2.24, 2.45) is 0 Å². The maximum Gasteiger partial charge on any atom is 0.0642 e. The molecule has 0 saturated carbocycles. The summed E-state index contributed by atoms with van der Waals surface area (Å²) in [6, 6.07) is 0.764. The predicted octanol–water partition coefficient (Wildman–Crippen LogP) is 2.62. The number of hydrogen-bond donors (Lipinski definition) is 1. The maximum atomic E-state index is 3.72. The lowest BCUT2D eigenvalue weighted by Gasteiger charge is -2.26. The predicted molar refractivity (Wildman–Crippen MR) is 53.0 cm³/mol. The first-order chi connectivity index (χ1) is 5.26. The van der Waals surface area contributed by atoms with Crippen LogP contribution in [0.25, 0.3) is 0 Å². The Balaban J connectivity index is 2.48. The first-order valence-electron chi connectivity index (χ1n) is 4.68. The molecule has 11 heavy (non-hydrogen) atoms. The summed E-state index contributed by atoms with van der Waals surface area (Å²) in [4.78, 5) is 0.417. The van der Waals surface area contributed by atoms with Gasteiger partial charge in [-0.3, -0.25) is 5.32 Å². The molecule has 0 radical (unpaired) electrons. The summed E-state index contributed by atoms with van der Waals surface area (Å²) in [6.07, 6.45) is 3.78. The van der Waals surface area contributed by atoms with Crippen LogP contribution >= 0.6 is 11.8 Å². The molecule has 1 unspecified atom stereocenters. The van der Waals surface area contributed by atoms with Crippen LogP contribution in [0.3, 0.4) is 0 Å². The van der Waals surface area contributed by atoms with Crippen LogP contribution in [0.4, 0.5) is 0 Å². The van der Waals surface area contributed by atoms with E-state index in [1.807, 2.05) is 0 Å². The topological polar surface area (TPSA) is 12.0 Å². The number of rotatable bonds is 3. The summed E-state index contributed by atoms with van der Waals surface area (Å²) in [5.74, 6) is 1.30. The molecular weight excluding hydrogens is 154 g/mol. The fourth-order valence-electron chi connectivity index (χ4n) is 1.59. The summed E-state index contributed by atoms with van der Waals surface area (Å²) in [6.45, 7) is 6.82. The zero-order valence-electron chi connectivity index (χ0n) is 7.81. The Morgan fingerprint density at radius 1 is 1.36 bits per heavy atom. The first kappa shape index (κ1) is 9.40. The van der Waals surface area contributed by atoms with Gasteiger partial charge in [-0.2, -0.15) is 0 Å². The van der Waals surface area contributed by atoms with Crippen LogP contribution in [-0.4, -0.2) is 16.7 Å². The second-order valence-electron chi connectivity index (χ2n) is 3.26. The van der Waals surface area contributed by atoms with E-state index in [2.05, 4.69) is 37.8 Å². The van der Waals surface area contributed by atoms with Gasteiger partial charge in [0.25, 0.3) is 0 Å². The molecule has 0 bridgehead atoms. The summed E-state index contributed by atoms with van der Waals surface area (Å²) in [5.41, 5.74) is 0. The van der Waals surface area contributed by atoms with Crippen molar-refractivity contribution in [1.82, 2.24) is 5.32 Å². The quantitative estimate of drug-likeness (QED) is 0.704. The van der Waals surface area contributed by atoms with Crippen molar-refractivity contribution in [3.05, 3.63) is 0 Å². The highest BCUT2D eigenvalue weighted by molar-refractivity contribution is 8.00. The van der Waals surface area contributed by atoms with Crippen molar-refractivity contribution >= 4 is 11.8 Å². The van der Waals surface area contributed by atoms with Gasteiger partial charge in [-0.15, -0.1) is 11.8 Å². The van der Waals surface area contributed by atoms with E-state index in [0.717, 1.165) is 6.04 Å². The lowest BCUT2D eigenvalue weighted by Crippen LogP contribution is -2.40. The SMILES string of the molecule is CCC1CSC(CC)(CC)N1. The van der Waals surface area contributed by atoms with Gasteiger partial charge in [0.05, 0.1) is 4.87 Å². The molecule has 0 spiro atoms. The molecule has 2 heteroatoms. The Hall–Kier alpha value is 0.310. The molecule has 66 valence electrons. The molecule has 1 saturated heterocycles. The summed E-state index contributed by atoms with van der Waals surface area (Å²) in [7, 11) is 0. The van der Waals surface area contributed by atoms with Crippen LogP contribution in [0.5, 0.6) is 0 Å². The fourth-order valence-corrected chi connectivity index (χ4v) is 3.09. The van der Waals surface area contributed by atoms with Gasteiger partial charge >= 0.3 is 0 Å². The van der Waals surface area contributed by atoms with Crippen LogP contribution in [0.2, 0.25) is 0 Å². The molecule has 1 nitrogen and oxygen atoms in total. The van der Waals surface area contributed by atoms with Gasteiger partial charge in [0, 0.05) is 11.8 Å². The maximum absolute atomic E-state index is 3.72. The zero-order valence-corrected chi connectivity index (χ0v) is 8.63. The van der Waals surface area contributed by atoms with Crippen molar-refractivity contribution in [3.63, 3.8) is 0 Å². The average molecular weight is 173 g/mol. The number of thioether (sulfide) groups is 1. The van der Waals surface area contributed by atoms with Crippen LogP contribution in [-0.2, 0) is 0 Å². The molecule has 0 aromatic heterocycles. The van der Waals surface area contributed by atoms with Crippen molar-refractivity contribution < 1.29 is 0 Å². The Bertz CT molecular complexity index is 121. The van der Waals surface area contributed by atoms with Crippen molar-refractivity contribution in [3.8, 4) is 0 Å². The molecule has 1 rings (SSSR count). The highest BCUT2D eigenvalue weighted by atomic mass is 32.2. The van der Waals surface area contributed by atoms with Gasteiger partial charge in [0.2, 0.25) is 0 Å².